The normalized spacial score (nSPS) is 11.7. The fourth-order valence-electron chi connectivity index (χ4n) is 2.71. The van der Waals surface area contributed by atoms with Crippen molar-refractivity contribution in [1.82, 2.24) is 24.5 Å². The van der Waals surface area contributed by atoms with Crippen LogP contribution >= 0.6 is 11.6 Å². The third kappa shape index (κ3) is 4.06. The number of nitrogens with zero attached hydrogens (tertiary/aromatic N) is 5. The van der Waals surface area contributed by atoms with Crippen molar-refractivity contribution in [2.24, 2.45) is 0 Å². The summed E-state index contributed by atoms with van der Waals surface area (Å²) in [6.45, 7) is 0.273. The Morgan fingerprint density at radius 1 is 1.03 bits per heavy atom. The molecule has 11 heteroatoms. The Bertz CT molecular complexity index is 1220. The van der Waals surface area contributed by atoms with E-state index in [0.29, 0.717) is 10.7 Å². The van der Waals surface area contributed by atoms with Gasteiger partial charge in [0.1, 0.15) is 12.1 Å². The Morgan fingerprint density at radius 2 is 1.72 bits per heavy atom. The van der Waals surface area contributed by atoms with Crippen LogP contribution in [-0.4, -0.2) is 30.9 Å². The second-order valence-corrected chi connectivity index (χ2v) is 6.46. The molecule has 4 rings (SSSR count). The Morgan fingerprint density at radius 3 is 2.38 bits per heavy atom. The Hall–Kier alpha value is -3.40. The fraction of sp³-hybridized carbons (Fsp3) is 0.111. The van der Waals surface area contributed by atoms with Crippen molar-refractivity contribution in [2.45, 2.75) is 12.9 Å². The van der Waals surface area contributed by atoms with Crippen molar-refractivity contribution in [3.63, 3.8) is 0 Å². The topological polar surface area (TPSA) is 74.8 Å². The number of rotatable bonds is 4. The lowest BCUT2D eigenvalue weighted by Crippen LogP contribution is -2.21. The molecule has 7 nitrogen and oxygen atoms in total. The van der Waals surface area contributed by atoms with E-state index in [0.717, 1.165) is 17.7 Å². The first kappa shape index (κ1) is 18.9. The molecule has 0 unspecified atom stereocenters. The molecule has 0 fully saturated rings. The summed E-state index contributed by atoms with van der Waals surface area (Å²) in [4.78, 5) is 16.9. The van der Waals surface area contributed by atoms with Crippen LogP contribution in [0.3, 0.4) is 0 Å². The first-order valence-corrected chi connectivity index (χ1v) is 8.59. The van der Waals surface area contributed by atoms with E-state index in [2.05, 4.69) is 20.0 Å². The Labute approximate surface area is 165 Å². The molecular formula is C18H11ClF3N5O2. The third-order valence-electron chi connectivity index (χ3n) is 4.01. The predicted molar refractivity (Wildman–Crippen MR) is 98.2 cm³/mol. The van der Waals surface area contributed by atoms with Crippen molar-refractivity contribution in [3.8, 4) is 11.4 Å². The van der Waals surface area contributed by atoms with E-state index >= 15 is 0 Å². The first-order chi connectivity index (χ1) is 13.8. The van der Waals surface area contributed by atoms with Gasteiger partial charge in [-0.25, -0.2) is 4.98 Å². The maximum atomic E-state index is 12.7. The minimum absolute atomic E-state index is 0.0390. The van der Waals surface area contributed by atoms with Gasteiger partial charge in [0, 0.05) is 5.02 Å². The molecule has 0 aliphatic heterocycles. The number of benzene rings is 2. The van der Waals surface area contributed by atoms with E-state index < -0.39 is 11.9 Å². The van der Waals surface area contributed by atoms with Crippen LogP contribution in [0.1, 0.15) is 5.56 Å². The minimum Gasteiger partial charge on any atom is -0.406 e. The molecule has 0 amide bonds. The van der Waals surface area contributed by atoms with Gasteiger partial charge in [-0.1, -0.05) is 28.9 Å². The average Bonchev–Trinajstić information content (AvgIpc) is 3.10. The van der Waals surface area contributed by atoms with Crippen molar-refractivity contribution in [3.05, 3.63) is 75.8 Å². The highest BCUT2D eigenvalue weighted by atomic mass is 35.5. The zero-order chi connectivity index (χ0) is 20.6. The molecular weight excluding hydrogens is 411 g/mol. The second kappa shape index (κ2) is 7.21. The number of hydrogen-bond donors (Lipinski definition) is 0. The molecule has 0 atom stereocenters. The number of alkyl halides is 3. The number of aromatic nitrogens is 5. The monoisotopic (exact) mass is 421 g/mol. The Kier molecular flexibility index (Phi) is 4.71. The highest BCUT2D eigenvalue weighted by molar-refractivity contribution is 6.30. The van der Waals surface area contributed by atoms with Gasteiger partial charge < -0.3 is 4.74 Å². The average molecular weight is 422 g/mol. The lowest BCUT2D eigenvalue weighted by atomic mass is 10.2. The summed E-state index contributed by atoms with van der Waals surface area (Å²) >= 11 is 5.86. The number of ether oxygens (including phenoxy) is 1. The van der Waals surface area contributed by atoms with Gasteiger partial charge in [-0.2, -0.15) is 4.68 Å². The zero-order valence-corrected chi connectivity index (χ0v) is 15.2. The summed E-state index contributed by atoms with van der Waals surface area (Å²) in [5.41, 5.74) is 1.06. The SMILES string of the molecule is O=c1c2nnn(-c3ccc(OC(F)(F)F)cc3)c2ncn1Cc1ccc(Cl)cc1. The molecule has 2 aromatic heterocycles. The summed E-state index contributed by atoms with van der Waals surface area (Å²) < 4.78 is 43.3. The van der Waals surface area contributed by atoms with E-state index in [1.165, 1.54) is 27.7 Å². The Balaban J connectivity index is 1.65. The van der Waals surface area contributed by atoms with E-state index in [1.54, 1.807) is 24.3 Å². The fourth-order valence-corrected chi connectivity index (χ4v) is 2.83. The van der Waals surface area contributed by atoms with Crippen molar-refractivity contribution in [2.75, 3.05) is 0 Å². The third-order valence-corrected chi connectivity index (χ3v) is 4.26. The van der Waals surface area contributed by atoms with Gasteiger partial charge in [-0.05, 0) is 42.0 Å². The van der Waals surface area contributed by atoms with Crippen LogP contribution in [0.5, 0.6) is 5.75 Å². The molecule has 0 aliphatic carbocycles. The smallest absolute Gasteiger partial charge is 0.406 e. The highest BCUT2D eigenvalue weighted by Crippen LogP contribution is 2.24. The highest BCUT2D eigenvalue weighted by Gasteiger charge is 2.31. The number of halogens is 4. The maximum absolute atomic E-state index is 12.7. The molecule has 0 bridgehead atoms. The van der Waals surface area contributed by atoms with Crippen molar-refractivity contribution < 1.29 is 17.9 Å². The summed E-state index contributed by atoms with van der Waals surface area (Å²) in [6, 6.07) is 12.0. The van der Waals surface area contributed by atoms with E-state index in [9.17, 15) is 18.0 Å². The van der Waals surface area contributed by atoms with Crippen molar-refractivity contribution >= 4 is 22.8 Å². The van der Waals surface area contributed by atoms with Gasteiger partial charge >= 0.3 is 6.36 Å². The molecule has 148 valence electrons. The van der Waals surface area contributed by atoms with E-state index in [1.807, 2.05) is 0 Å². The van der Waals surface area contributed by atoms with E-state index in [4.69, 9.17) is 11.6 Å². The molecule has 0 saturated heterocycles. The van der Waals surface area contributed by atoms with Crippen LogP contribution in [0, 0.1) is 0 Å². The second-order valence-electron chi connectivity index (χ2n) is 6.02. The van der Waals surface area contributed by atoms with Crippen LogP contribution in [0.2, 0.25) is 5.02 Å². The van der Waals surface area contributed by atoms with Crippen LogP contribution in [0.15, 0.2) is 59.7 Å². The van der Waals surface area contributed by atoms with Gasteiger partial charge in [0.15, 0.2) is 11.2 Å². The van der Waals surface area contributed by atoms with Crippen LogP contribution in [0.4, 0.5) is 13.2 Å². The quantitative estimate of drug-likeness (QED) is 0.503. The summed E-state index contributed by atoms with van der Waals surface area (Å²) in [6.07, 6.45) is -3.42. The van der Waals surface area contributed by atoms with Gasteiger partial charge in [-0.15, -0.1) is 18.3 Å². The van der Waals surface area contributed by atoms with Crippen LogP contribution < -0.4 is 10.3 Å². The van der Waals surface area contributed by atoms with Crippen LogP contribution in [-0.2, 0) is 6.54 Å². The van der Waals surface area contributed by atoms with Gasteiger partial charge in [-0.3, -0.25) is 9.36 Å². The molecule has 0 saturated carbocycles. The summed E-state index contributed by atoms with van der Waals surface area (Å²) in [5.74, 6) is -0.371. The van der Waals surface area contributed by atoms with Crippen molar-refractivity contribution in [1.29, 1.82) is 0 Å². The maximum Gasteiger partial charge on any atom is 0.573 e. The number of hydrogen-bond acceptors (Lipinski definition) is 5. The minimum atomic E-state index is -4.78. The summed E-state index contributed by atoms with van der Waals surface area (Å²) in [5, 5.41) is 8.37. The van der Waals surface area contributed by atoms with Gasteiger partial charge in [0.05, 0.1) is 12.2 Å². The standard InChI is InChI=1S/C18H11ClF3N5O2/c19-12-3-1-11(2-4-12)9-26-10-23-16-15(17(26)28)24-25-27(16)13-5-7-14(8-6-13)29-18(20,21)22/h1-8,10H,9H2. The van der Waals surface area contributed by atoms with Gasteiger partial charge in [0.25, 0.3) is 5.56 Å². The molecule has 4 aromatic rings. The van der Waals surface area contributed by atoms with Gasteiger partial charge in [0.2, 0.25) is 0 Å². The lowest BCUT2D eigenvalue weighted by molar-refractivity contribution is -0.274. The molecule has 0 radical (unpaired) electrons. The molecule has 2 aromatic carbocycles. The number of fused-ring (bicyclic) bond motifs is 1. The lowest BCUT2D eigenvalue weighted by Gasteiger charge is -2.09. The molecule has 0 N–H and O–H groups in total. The molecule has 0 spiro atoms. The summed E-state index contributed by atoms with van der Waals surface area (Å²) in [7, 11) is 0. The largest absolute Gasteiger partial charge is 0.573 e. The molecule has 0 aliphatic rings. The first-order valence-electron chi connectivity index (χ1n) is 8.22. The predicted octanol–water partition coefficient (Wildman–Crippen LogP) is 3.58. The van der Waals surface area contributed by atoms with Crippen LogP contribution in [0.25, 0.3) is 16.9 Å². The van der Waals surface area contributed by atoms with E-state index in [-0.39, 0.29) is 23.5 Å². The molecule has 29 heavy (non-hydrogen) atoms. The zero-order valence-electron chi connectivity index (χ0n) is 14.5. The molecule has 2 heterocycles.